The predicted octanol–water partition coefficient (Wildman–Crippen LogP) is 3.59. The van der Waals surface area contributed by atoms with Gasteiger partial charge in [-0.05, 0) is 51.0 Å². The second-order valence-electron chi connectivity index (χ2n) is 7.01. The van der Waals surface area contributed by atoms with Crippen LogP contribution in [0.2, 0.25) is 0 Å². The van der Waals surface area contributed by atoms with Crippen LogP contribution in [0.15, 0.2) is 29.2 Å². The fraction of sp³-hybridized carbons (Fsp3) is 0.421. The van der Waals surface area contributed by atoms with E-state index in [1.807, 2.05) is 51.1 Å². The van der Waals surface area contributed by atoms with Gasteiger partial charge in [0.2, 0.25) is 5.91 Å². The van der Waals surface area contributed by atoms with E-state index < -0.39 is 0 Å². The van der Waals surface area contributed by atoms with Crippen molar-refractivity contribution in [3.05, 3.63) is 34.7 Å². The molecule has 1 aliphatic heterocycles. The number of methoxy groups -OCH3 is 1. The molecule has 2 amide bonds. The fourth-order valence-corrected chi connectivity index (χ4v) is 3.76. The van der Waals surface area contributed by atoms with Crippen molar-refractivity contribution >= 4 is 46.2 Å². The molecule has 1 aliphatic rings. The van der Waals surface area contributed by atoms with Crippen LogP contribution < -0.4 is 10.1 Å². The normalized spacial score (nSPS) is 16.3. The molecule has 0 unspecified atom stereocenters. The number of amides is 2. The number of thiocarbonyl (C=S) groups is 1. The molecule has 0 spiro atoms. The Morgan fingerprint density at radius 1 is 1.38 bits per heavy atom. The van der Waals surface area contributed by atoms with Crippen LogP contribution in [0.25, 0.3) is 6.08 Å². The maximum atomic E-state index is 12.6. The summed E-state index contributed by atoms with van der Waals surface area (Å²) in [5.41, 5.74) is 0.632. The monoisotopic (exact) mass is 392 g/mol. The third kappa shape index (κ3) is 5.85. The van der Waals surface area contributed by atoms with Gasteiger partial charge >= 0.3 is 0 Å². The molecular weight excluding hydrogens is 368 g/mol. The zero-order valence-corrected chi connectivity index (χ0v) is 17.1. The van der Waals surface area contributed by atoms with Crippen LogP contribution in [0.1, 0.15) is 39.2 Å². The van der Waals surface area contributed by atoms with Gasteiger partial charge in [-0.2, -0.15) is 0 Å². The van der Waals surface area contributed by atoms with Gasteiger partial charge < -0.3 is 10.1 Å². The summed E-state index contributed by atoms with van der Waals surface area (Å²) >= 11 is 6.61. The van der Waals surface area contributed by atoms with Gasteiger partial charge in [-0.15, -0.1) is 0 Å². The van der Waals surface area contributed by atoms with Crippen molar-refractivity contribution < 1.29 is 14.3 Å². The lowest BCUT2D eigenvalue weighted by molar-refractivity contribution is -0.124. The molecule has 0 aromatic heterocycles. The molecule has 1 fully saturated rings. The van der Waals surface area contributed by atoms with E-state index in [1.165, 1.54) is 11.8 Å². The lowest BCUT2D eigenvalue weighted by Gasteiger charge is -2.21. The minimum atomic E-state index is -0.252. The first-order valence-electron chi connectivity index (χ1n) is 8.40. The summed E-state index contributed by atoms with van der Waals surface area (Å²) in [5, 5.41) is 2.92. The summed E-state index contributed by atoms with van der Waals surface area (Å²) in [4.78, 5) is 26.6. The molecular formula is C19H24N2O3S2. The molecule has 1 aromatic carbocycles. The van der Waals surface area contributed by atoms with Crippen molar-refractivity contribution in [3.63, 3.8) is 0 Å². The van der Waals surface area contributed by atoms with Crippen LogP contribution >= 0.6 is 24.0 Å². The Kier molecular flexibility index (Phi) is 6.83. The molecule has 0 aliphatic carbocycles. The number of nitrogens with zero attached hydrogens (tertiary/aromatic N) is 1. The van der Waals surface area contributed by atoms with Crippen molar-refractivity contribution in [3.8, 4) is 5.75 Å². The number of carbonyl (C=O) groups is 2. The van der Waals surface area contributed by atoms with E-state index in [0.29, 0.717) is 28.6 Å². The highest BCUT2D eigenvalue weighted by Crippen LogP contribution is 2.33. The SMILES string of the molecule is COc1cccc(/C=C2\SC(=S)N(CCCC(=O)NC(C)(C)C)C2=O)c1. The number of benzene rings is 1. The van der Waals surface area contributed by atoms with E-state index in [0.717, 1.165) is 11.3 Å². The highest BCUT2D eigenvalue weighted by Gasteiger charge is 2.31. The van der Waals surface area contributed by atoms with Crippen LogP contribution in [0.5, 0.6) is 5.75 Å². The predicted molar refractivity (Wildman–Crippen MR) is 110 cm³/mol. The summed E-state index contributed by atoms with van der Waals surface area (Å²) in [6, 6.07) is 7.50. The van der Waals surface area contributed by atoms with Crippen molar-refractivity contribution in [1.82, 2.24) is 10.2 Å². The first-order valence-corrected chi connectivity index (χ1v) is 9.62. The third-order valence-corrected chi connectivity index (χ3v) is 4.94. The third-order valence-electron chi connectivity index (χ3n) is 3.57. The minimum Gasteiger partial charge on any atom is -0.497 e. The van der Waals surface area contributed by atoms with Gasteiger partial charge in [0.15, 0.2) is 0 Å². The minimum absolute atomic E-state index is 0.0186. The highest BCUT2D eigenvalue weighted by atomic mass is 32.2. The molecule has 0 radical (unpaired) electrons. The summed E-state index contributed by atoms with van der Waals surface area (Å²) < 4.78 is 5.73. The Balaban J connectivity index is 1.96. The number of hydrogen-bond acceptors (Lipinski definition) is 5. The molecule has 2 rings (SSSR count). The molecule has 140 valence electrons. The van der Waals surface area contributed by atoms with Crippen LogP contribution in [0, 0.1) is 0 Å². The molecule has 0 atom stereocenters. The maximum Gasteiger partial charge on any atom is 0.266 e. The lowest BCUT2D eigenvalue weighted by atomic mass is 10.1. The smallest absolute Gasteiger partial charge is 0.266 e. The summed E-state index contributed by atoms with van der Waals surface area (Å²) in [6.45, 7) is 6.26. The quantitative estimate of drug-likeness (QED) is 0.592. The zero-order valence-electron chi connectivity index (χ0n) is 15.5. The Morgan fingerprint density at radius 2 is 2.12 bits per heavy atom. The molecule has 0 bridgehead atoms. The van der Waals surface area contributed by atoms with Gasteiger partial charge in [-0.25, -0.2) is 0 Å². The first-order chi connectivity index (χ1) is 12.2. The maximum absolute atomic E-state index is 12.6. The molecule has 7 heteroatoms. The van der Waals surface area contributed by atoms with Gasteiger partial charge in [0.25, 0.3) is 5.91 Å². The van der Waals surface area contributed by atoms with Crippen molar-refractivity contribution in [2.24, 2.45) is 0 Å². The number of carbonyl (C=O) groups excluding carboxylic acids is 2. The van der Waals surface area contributed by atoms with E-state index in [1.54, 1.807) is 12.0 Å². The Bertz CT molecular complexity index is 739. The summed E-state index contributed by atoms with van der Waals surface area (Å²) in [6.07, 6.45) is 2.75. The van der Waals surface area contributed by atoms with E-state index >= 15 is 0 Å². The average molecular weight is 393 g/mol. The van der Waals surface area contributed by atoms with Crippen LogP contribution in [-0.2, 0) is 9.59 Å². The van der Waals surface area contributed by atoms with Gasteiger partial charge in [0.1, 0.15) is 10.1 Å². The number of hydrogen-bond donors (Lipinski definition) is 1. The fourth-order valence-electron chi connectivity index (χ4n) is 2.45. The van der Waals surface area contributed by atoms with Crippen molar-refractivity contribution in [1.29, 1.82) is 0 Å². The molecule has 5 nitrogen and oxygen atoms in total. The molecule has 1 N–H and O–H groups in total. The number of thioether (sulfide) groups is 1. The molecule has 0 saturated carbocycles. The average Bonchev–Trinajstić information content (AvgIpc) is 2.80. The van der Waals surface area contributed by atoms with E-state index in [9.17, 15) is 9.59 Å². The van der Waals surface area contributed by atoms with E-state index in [2.05, 4.69) is 5.32 Å². The van der Waals surface area contributed by atoms with Gasteiger partial charge in [0, 0.05) is 18.5 Å². The van der Waals surface area contributed by atoms with Crippen LogP contribution in [-0.4, -0.2) is 40.2 Å². The molecule has 26 heavy (non-hydrogen) atoms. The number of ether oxygens (including phenoxy) is 1. The molecule has 1 heterocycles. The van der Waals surface area contributed by atoms with Gasteiger partial charge in [-0.3, -0.25) is 14.5 Å². The number of nitrogens with one attached hydrogen (secondary N) is 1. The second-order valence-corrected chi connectivity index (χ2v) is 8.69. The van der Waals surface area contributed by atoms with Gasteiger partial charge in [-0.1, -0.05) is 36.1 Å². The van der Waals surface area contributed by atoms with Gasteiger partial charge in [0.05, 0.1) is 12.0 Å². The molecule has 1 aromatic rings. The lowest BCUT2D eigenvalue weighted by Crippen LogP contribution is -2.40. The standard InChI is InChI=1S/C19H24N2O3S2/c1-19(2,3)20-16(22)9-6-10-21-17(23)15(26-18(21)25)12-13-7-5-8-14(11-13)24-4/h5,7-8,11-12H,6,9-10H2,1-4H3,(H,20,22)/b15-12-. The largest absolute Gasteiger partial charge is 0.497 e. The topological polar surface area (TPSA) is 58.6 Å². The molecule has 1 saturated heterocycles. The van der Waals surface area contributed by atoms with Crippen LogP contribution in [0.3, 0.4) is 0 Å². The van der Waals surface area contributed by atoms with E-state index in [-0.39, 0.29) is 17.4 Å². The Morgan fingerprint density at radius 3 is 2.77 bits per heavy atom. The second kappa shape index (κ2) is 8.68. The Hall–Kier alpha value is -1.86. The van der Waals surface area contributed by atoms with Crippen molar-refractivity contribution in [2.45, 2.75) is 39.2 Å². The van der Waals surface area contributed by atoms with E-state index in [4.69, 9.17) is 17.0 Å². The number of rotatable bonds is 6. The Labute approximate surface area is 164 Å². The van der Waals surface area contributed by atoms with Crippen LogP contribution in [0.4, 0.5) is 0 Å². The highest BCUT2D eigenvalue weighted by molar-refractivity contribution is 8.26. The van der Waals surface area contributed by atoms with Crippen molar-refractivity contribution in [2.75, 3.05) is 13.7 Å². The zero-order chi connectivity index (χ0) is 19.3. The summed E-state index contributed by atoms with van der Waals surface area (Å²) in [7, 11) is 1.61. The first kappa shape index (κ1) is 20.5. The summed E-state index contributed by atoms with van der Waals surface area (Å²) in [5.74, 6) is 0.605.